The van der Waals surface area contributed by atoms with E-state index in [1.807, 2.05) is 37.5 Å². The first kappa shape index (κ1) is 26.0. The van der Waals surface area contributed by atoms with E-state index >= 15 is 0 Å². The van der Waals surface area contributed by atoms with Crippen molar-refractivity contribution in [3.63, 3.8) is 0 Å². The maximum Gasteiger partial charge on any atom is 0.412 e. The monoisotopic (exact) mass is 571 g/mol. The van der Waals surface area contributed by atoms with Crippen LogP contribution in [0.15, 0.2) is 49.1 Å². The number of carbonyl (C=O) groups excluding carboxylic acids is 1. The van der Waals surface area contributed by atoms with E-state index in [-0.39, 0.29) is 18.5 Å². The van der Waals surface area contributed by atoms with Crippen LogP contribution in [0.5, 0.6) is 11.5 Å². The second kappa shape index (κ2) is 10.8. The van der Waals surface area contributed by atoms with Crippen molar-refractivity contribution in [2.45, 2.75) is 6.10 Å². The van der Waals surface area contributed by atoms with Crippen molar-refractivity contribution in [1.29, 1.82) is 0 Å². The summed E-state index contributed by atoms with van der Waals surface area (Å²) < 4.78 is 26.3. The Labute approximate surface area is 240 Å². The predicted octanol–water partition coefficient (Wildman–Crippen LogP) is 2.82. The minimum absolute atomic E-state index is 0.127. The van der Waals surface area contributed by atoms with Crippen LogP contribution in [0, 0.1) is 0 Å². The normalized spacial score (nSPS) is 17.0. The molecule has 0 saturated carbocycles. The first-order chi connectivity index (χ1) is 20.6. The lowest BCUT2D eigenvalue weighted by atomic mass is 10.1. The molecule has 42 heavy (non-hydrogen) atoms. The van der Waals surface area contributed by atoms with E-state index in [1.165, 1.54) is 0 Å². The molecule has 14 heteroatoms. The molecule has 0 unspecified atom stereocenters. The molecule has 6 heterocycles. The molecule has 5 aromatic rings. The predicted molar refractivity (Wildman–Crippen MR) is 154 cm³/mol. The van der Waals surface area contributed by atoms with Crippen molar-refractivity contribution in [3.8, 4) is 28.4 Å². The summed E-state index contributed by atoms with van der Waals surface area (Å²) in [6.45, 7) is 3.49. The number of nitrogens with zero attached hydrogens (tertiary/aromatic N) is 7. The molecule has 2 N–H and O–H groups in total. The number of hydrogen-bond acceptors (Lipinski definition) is 11. The molecule has 0 radical (unpaired) electrons. The number of ether oxygens (including phenoxy) is 4. The Hall–Kier alpha value is -4.95. The third-order valence-electron chi connectivity index (χ3n) is 7.27. The van der Waals surface area contributed by atoms with E-state index in [0.717, 1.165) is 17.8 Å². The fourth-order valence-corrected chi connectivity index (χ4v) is 5.19. The lowest BCUT2D eigenvalue weighted by molar-refractivity contribution is -0.0470. The summed E-state index contributed by atoms with van der Waals surface area (Å²) in [6.07, 6.45) is 6.08. The quantitative estimate of drug-likeness (QED) is 0.311. The summed E-state index contributed by atoms with van der Waals surface area (Å²) in [5.74, 6) is 1.53. The maximum atomic E-state index is 12.9. The number of rotatable bonds is 6. The van der Waals surface area contributed by atoms with Gasteiger partial charge in [-0.25, -0.2) is 19.0 Å². The van der Waals surface area contributed by atoms with Gasteiger partial charge >= 0.3 is 6.09 Å². The summed E-state index contributed by atoms with van der Waals surface area (Å²) in [5.41, 5.74) is 4.18. The van der Waals surface area contributed by atoms with E-state index in [4.69, 9.17) is 24.0 Å². The van der Waals surface area contributed by atoms with Crippen molar-refractivity contribution in [3.05, 3.63) is 49.1 Å². The van der Waals surface area contributed by atoms with E-state index in [1.54, 1.807) is 34.9 Å². The van der Waals surface area contributed by atoms with Crippen LogP contribution in [-0.2, 0) is 9.47 Å². The Bertz CT molecular complexity index is 1780. The third kappa shape index (κ3) is 4.80. The fourth-order valence-electron chi connectivity index (χ4n) is 5.19. The highest BCUT2D eigenvalue weighted by Gasteiger charge is 2.24. The van der Waals surface area contributed by atoms with Crippen LogP contribution < -0.4 is 20.1 Å². The minimum Gasteiger partial charge on any atom is -0.494 e. The van der Waals surface area contributed by atoms with Gasteiger partial charge in [0.05, 0.1) is 47.8 Å². The molecule has 1 atom stereocenters. The number of aromatic nitrogens is 6. The molecule has 1 saturated heterocycles. The summed E-state index contributed by atoms with van der Waals surface area (Å²) in [4.78, 5) is 24.2. The molecule has 1 aromatic carbocycles. The highest BCUT2D eigenvalue weighted by molar-refractivity contribution is 5.99. The number of amides is 1. The van der Waals surface area contributed by atoms with Crippen molar-refractivity contribution >= 4 is 34.1 Å². The highest BCUT2D eigenvalue weighted by atomic mass is 16.6. The number of morpholine rings is 1. The van der Waals surface area contributed by atoms with Gasteiger partial charge in [0.2, 0.25) is 0 Å². The first-order valence-electron chi connectivity index (χ1n) is 13.6. The summed E-state index contributed by atoms with van der Waals surface area (Å²) >= 11 is 0. The van der Waals surface area contributed by atoms with Crippen molar-refractivity contribution in [2.75, 3.05) is 64.2 Å². The molecule has 2 aliphatic rings. The number of nitrogens with one attached hydrogen (secondary N) is 2. The van der Waals surface area contributed by atoms with E-state index in [0.29, 0.717) is 65.7 Å². The zero-order valence-electron chi connectivity index (χ0n) is 23.1. The molecule has 0 bridgehead atoms. The lowest BCUT2D eigenvalue weighted by Gasteiger charge is -2.29. The van der Waals surface area contributed by atoms with Gasteiger partial charge < -0.3 is 29.2 Å². The average molecular weight is 572 g/mol. The average Bonchev–Trinajstić information content (AvgIpc) is 3.61. The number of methoxy groups -OCH3 is 1. The van der Waals surface area contributed by atoms with Gasteiger partial charge in [0, 0.05) is 50.4 Å². The number of pyridine rings is 1. The van der Waals surface area contributed by atoms with Gasteiger partial charge in [-0.1, -0.05) is 0 Å². The van der Waals surface area contributed by atoms with Crippen LogP contribution in [0.3, 0.4) is 0 Å². The van der Waals surface area contributed by atoms with Gasteiger partial charge in [-0.15, -0.1) is 5.10 Å². The lowest BCUT2D eigenvalue weighted by Crippen LogP contribution is -2.42. The first-order valence-corrected chi connectivity index (χ1v) is 13.6. The third-order valence-corrected chi connectivity index (χ3v) is 7.27. The summed E-state index contributed by atoms with van der Waals surface area (Å²) in [7, 11) is 3.61. The Morgan fingerprint density at radius 1 is 1.21 bits per heavy atom. The molecule has 4 aromatic heterocycles. The van der Waals surface area contributed by atoms with Crippen molar-refractivity contribution in [1.82, 2.24) is 34.3 Å². The molecule has 14 nitrogen and oxygen atoms in total. The van der Waals surface area contributed by atoms with Crippen molar-refractivity contribution < 1.29 is 23.7 Å². The van der Waals surface area contributed by atoms with Gasteiger partial charge in [-0.2, -0.15) is 5.10 Å². The highest BCUT2D eigenvalue weighted by Crippen LogP contribution is 2.39. The Morgan fingerprint density at radius 3 is 3.02 bits per heavy atom. The van der Waals surface area contributed by atoms with Gasteiger partial charge in [-0.05, 0) is 19.2 Å². The summed E-state index contributed by atoms with van der Waals surface area (Å²) in [5, 5.41) is 15.9. The zero-order valence-corrected chi connectivity index (χ0v) is 23.1. The minimum atomic E-state index is -0.640. The number of hydrogen-bond donors (Lipinski definition) is 2. The van der Waals surface area contributed by atoms with Crippen LogP contribution >= 0.6 is 0 Å². The fraction of sp³-hybridized carbons (Fsp3) is 0.321. The van der Waals surface area contributed by atoms with Gasteiger partial charge in [0.15, 0.2) is 11.5 Å². The van der Waals surface area contributed by atoms with E-state index in [2.05, 4.69) is 30.6 Å². The summed E-state index contributed by atoms with van der Waals surface area (Å²) in [6, 6.07) is 7.43. The Balaban J connectivity index is 1.29. The molecular weight excluding hydrogens is 542 g/mol. The Morgan fingerprint density at radius 2 is 2.14 bits per heavy atom. The topological polar surface area (TPSA) is 142 Å². The molecule has 1 fully saturated rings. The number of fused-ring (bicyclic) bond motifs is 3. The second-order valence-corrected chi connectivity index (χ2v) is 10.1. The molecule has 2 aliphatic heterocycles. The molecule has 0 spiro atoms. The SMILES string of the molecule is COc1cc2c(cc1-n1nc(NC(=O)OC[C@@H]3CN(C)CCO3)c3cnc(-c4cnn5cccnc45)cc31)OCCN2. The van der Waals surface area contributed by atoms with Crippen LogP contribution in [0.2, 0.25) is 0 Å². The maximum absolute atomic E-state index is 12.9. The molecule has 7 rings (SSSR count). The molecular formula is C28H29N9O5. The number of likely N-dealkylation sites (N-methyl/N-ethyl adjacent to an activating group) is 1. The van der Waals surface area contributed by atoms with Crippen LogP contribution in [0.25, 0.3) is 33.5 Å². The molecule has 216 valence electrons. The van der Waals surface area contributed by atoms with Crippen LogP contribution in [-0.4, -0.2) is 100 Å². The number of benzene rings is 1. The largest absolute Gasteiger partial charge is 0.494 e. The smallest absolute Gasteiger partial charge is 0.412 e. The van der Waals surface area contributed by atoms with E-state index in [9.17, 15) is 4.79 Å². The number of carbonyl (C=O) groups is 1. The molecule has 0 aliphatic carbocycles. The van der Waals surface area contributed by atoms with Crippen LogP contribution in [0.1, 0.15) is 0 Å². The Kier molecular flexibility index (Phi) is 6.68. The number of anilines is 2. The van der Waals surface area contributed by atoms with Gasteiger partial charge in [-0.3, -0.25) is 10.3 Å². The van der Waals surface area contributed by atoms with Gasteiger partial charge in [0.25, 0.3) is 0 Å². The van der Waals surface area contributed by atoms with Crippen LogP contribution in [0.4, 0.5) is 16.3 Å². The molecule has 1 amide bonds. The van der Waals surface area contributed by atoms with Gasteiger partial charge in [0.1, 0.15) is 36.5 Å². The standard InChI is InChI=1S/C28H29N9O5/c1-35-7-9-40-17(15-35)16-42-28(38)33-26-19-13-31-20(18-14-32-36-6-3-4-30-27(18)36)10-22(19)37(34-26)23-12-24-21(11-25(23)39-2)29-5-8-41-24/h3-4,6,10-14,17,29H,5,7-9,15-16H2,1-2H3,(H,33,34,38)/t17-/m0/s1. The van der Waals surface area contributed by atoms with E-state index < -0.39 is 6.09 Å². The second-order valence-electron chi connectivity index (χ2n) is 10.1. The van der Waals surface area contributed by atoms with Crippen molar-refractivity contribution in [2.24, 2.45) is 0 Å². The zero-order chi connectivity index (χ0) is 28.6.